The van der Waals surface area contributed by atoms with E-state index in [-0.39, 0.29) is 40.8 Å². The van der Waals surface area contributed by atoms with E-state index < -0.39 is 22.4 Å². The zero-order valence-corrected chi connectivity index (χ0v) is 23.8. The molecule has 0 aromatic heterocycles. The Morgan fingerprint density at radius 3 is 2.24 bits per heavy atom. The first kappa shape index (κ1) is 27.2. The SMILES string of the molecule is CS(=O)CC1(C2CCCCC2)CC2CCC(C1)N2C(=O)[C@@H]1CN(C(C)(C)C)C[C@H]1c1ccc(F)cc1F. The van der Waals surface area contributed by atoms with Crippen LogP contribution in [0.5, 0.6) is 0 Å². The molecule has 1 aliphatic carbocycles. The molecule has 4 nitrogen and oxygen atoms in total. The standard InChI is InChI=1S/C30H44F2N2O2S/c1-29(2,3)33-17-25(24-13-10-21(31)14-27(24)32)26(18-33)28(35)34-22-11-12-23(34)16-30(15-22,19-37(4)36)20-8-6-5-7-9-20/h10,13-14,20,22-23,25-26H,5-9,11-12,15-19H2,1-4H3/t22?,23?,25-,26+,30?,37?/m0/s1. The lowest BCUT2D eigenvalue weighted by atomic mass is 9.63. The van der Waals surface area contributed by atoms with Crippen molar-refractivity contribution in [2.24, 2.45) is 17.3 Å². The van der Waals surface area contributed by atoms with Crippen LogP contribution >= 0.6 is 0 Å². The summed E-state index contributed by atoms with van der Waals surface area (Å²) in [7, 11) is -0.863. The zero-order valence-electron chi connectivity index (χ0n) is 23.0. The van der Waals surface area contributed by atoms with E-state index in [0.29, 0.717) is 24.6 Å². The molecule has 1 aromatic carbocycles. The van der Waals surface area contributed by atoms with Crippen LogP contribution < -0.4 is 0 Å². The Hall–Kier alpha value is -1.34. The van der Waals surface area contributed by atoms with Crippen LogP contribution in [0.3, 0.4) is 0 Å². The number of rotatable bonds is 5. The second kappa shape index (κ2) is 10.3. The maximum atomic E-state index is 15.0. The summed E-state index contributed by atoms with van der Waals surface area (Å²) < 4.78 is 41.3. The van der Waals surface area contributed by atoms with Crippen LogP contribution in [-0.2, 0) is 15.6 Å². The third-order valence-corrected chi connectivity index (χ3v) is 11.0. The van der Waals surface area contributed by atoms with E-state index in [1.54, 1.807) is 0 Å². The molecule has 37 heavy (non-hydrogen) atoms. The van der Waals surface area contributed by atoms with Crippen LogP contribution in [0.1, 0.15) is 90.0 Å². The van der Waals surface area contributed by atoms with Crippen LogP contribution in [0.2, 0.25) is 0 Å². The Labute approximate surface area is 224 Å². The lowest BCUT2D eigenvalue weighted by Crippen LogP contribution is -2.56. The van der Waals surface area contributed by atoms with Gasteiger partial charge in [0.2, 0.25) is 5.91 Å². The van der Waals surface area contributed by atoms with Crippen molar-refractivity contribution in [3.05, 3.63) is 35.4 Å². The van der Waals surface area contributed by atoms with E-state index in [4.69, 9.17) is 0 Å². The highest BCUT2D eigenvalue weighted by molar-refractivity contribution is 7.84. The summed E-state index contributed by atoms with van der Waals surface area (Å²) in [5, 5.41) is 0. The van der Waals surface area contributed by atoms with Crippen molar-refractivity contribution in [1.82, 2.24) is 9.80 Å². The minimum Gasteiger partial charge on any atom is -0.336 e. The molecule has 0 N–H and O–H groups in total. The van der Waals surface area contributed by atoms with Gasteiger partial charge in [-0.2, -0.15) is 0 Å². The molecular weight excluding hydrogens is 490 g/mol. The van der Waals surface area contributed by atoms with Crippen molar-refractivity contribution in [2.45, 2.75) is 102 Å². The summed E-state index contributed by atoms with van der Waals surface area (Å²) in [6, 6.07) is 4.16. The molecule has 4 fully saturated rings. The highest BCUT2D eigenvalue weighted by atomic mass is 32.2. The van der Waals surface area contributed by atoms with Gasteiger partial charge in [-0.3, -0.25) is 13.9 Å². The molecule has 5 atom stereocenters. The van der Waals surface area contributed by atoms with Gasteiger partial charge in [0.25, 0.3) is 0 Å². The van der Waals surface area contributed by atoms with Crippen molar-refractivity contribution in [3.63, 3.8) is 0 Å². The molecule has 3 saturated heterocycles. The van der Waals surface area contributed by atoms with E-state index in [1.807, 2.05) is 6.26 Å². The minimum atomic E-state index is -0.863. The Balaban J connectivity index is 1.42. The second-order valence-electron chi connectivity index (χ2n) is 13.4. The summed E-state index contributed by atoms with van der Waals surface area (Å²) in [6.07, 6.45) is 12.0. The van der Waals surface area contributed by atoms with E-state index in [0.717, 1.165) is 37.5 Å². The predicted molar refractivity (Wildman–Crippen MR) is 145 cm³/mol. The first-order chi connectivity index (χ1) is 17.5. The van der Waals surface area contributed by atoms with Crippen LogP contribution in [0.25, 0.3) is 0 Å². The number of hydrogen-bond acceptors (Lipinski definition) is 3. The van der Waals surface area contributed by atoms with E-state index in [9.17, 15) is 17.8 Å². The van der Waals surface area contributed by atoms with Crippen molar-refractivity contribution in [1.29, 1.82) is 0 Å². The number of piperidine rings is 1. The Morgan fingerprint density at radius 1 is 1.03 bits per heavy atom. The number of likely N-dealkylation sites (tertiary alicyclic amines) is 1. The average Bonchev–Trinajstić information content (AvgIpc) is 3.39. The molecule has 0 radical (unpaired) electrons. The number of hydrogen-bond donors (Lipinski definition) is 0. The van der Waals surface area contributed by atoms with Gasteiger partial charge >= 0.3 is 0 Å². The van der Waals surface area contributed by atoms with Gasteiger partial charge in [0, 0.05) is 65.5 Å². The fourth-order valence-corrected chi connectivity index (χ4v) is 9.62. The van der Waals surface area contributed by atoms with Gasteiger partial charge < -0.3 is 4.90 Å². The lowest BCUT2D eigenvalue weighted by Gasteiger charge is -2.52. The molecule has 1 amide bonds. The molecule has 0 spiro atoms. The van der Waals surface area contributed by atoms with Gasteiger partial charge in [0.05, 0.1) is 5.92 Å². The molecule has 1 aromatic rings. The van der Waals surface area contributed by atoms with Crippen LogP contribution in [0.4, 0.5) is 8.78 Å². The molecule has 3 heterocycles. The molecule has 2 bridgehead atoms. The van der Waals surface area contributed by atoms with Gasteiger partial charge in [0.1, 0.15) is 11.6 Å². The fraction of sp³-hybridized carbons (Fsp3) is 0.767. The number of carbonyl (C=O) groups is 1. The summed E-state index contributed by atoms with van der Waals surface area (Å²) in [5.41, 5.74) is 0.373. The van der Waals surface area contributed by atoms with Crippen molar-refractivity contribution < 1.29 is 17.8 Å². The topological polar surface area (TPSA) is 40.6 Å². The van der Waals surface area contributed by atoms with Crippen LogP contribution in [0, 0.1) is 28.9 Å². The molecule has 3 aliphatic heterocycles. The monoisotopic (exact) mass is 534 g/mol. The minimum absolute atomic E-state index is 0.0677. The third-order valence-electron chi connectivity index (χ3n) is 10.1. The summed E-state index contributed by atoms with van der Waals surface area (Å²) >= 11 is 0. The summed E-state index contributed by atoms with van der Waals surface area (Å²) in [4.78, 5) is 18.8. The molecule has 4 aliphatic rings. The number of benzene rings is 1. The van der Waals surface area contributed by atoms with Crippen LogP contribution in [-0.4, -0.2) is 62.6 Å². The van der Waals surface area contributed by atoms with Gasteiger partial charge in [-0.15, -0.1) is 0 Å². The van der Waals surface area contributed by atoms with Gasteiger partial charge in [-0.05, 0) is 82.3 Å². The molecule has 7 heteroatoms. The largest absolute Gasteiger partial charge is 0.336 e. The maximum Gasteiger partial charge on any atom is 0.228 e. The Bertz CT molecular complexity index is 1020. The average molecular weight is 535 g/mol. The van der Waals surface area contributed by atoms with Gasteiger partial charge in [-0.1, -0.05) is 25.3 Å². The highest BCUT2D eigenvalue weighted by Gasteiger charge is 2.55. The smallest absolute Gasteiger partial charge is 0.228 e. The van der Waals surface area contributed by atoms with E-state index in [1.165, 1.54) is 44.2 Å². The third kappa shape index (κ3) is 5.28. The van der Waals surface area contributed by atoms with E-state index >= 15 is 0 Å². The number of amides is 1. The summed E-state index contributed by atoms with van der Waals surface area (Å²) in [5.74, 6) is -0.280. The molecular formula is C30H44F2N2O2S. The molecule has 5 rings (SSSR count). The zero-order chi connectivity index (χ0) is 26.5. The van der Waals surface area contributed by atoms with Crippen molar-refractivity contribution >= 4 is 16.7 Å². The number of halogens is 2. The number of nitrogens with zero attached hydrogens (tertiary/aromatic N) is 2. The molecule has 206 valence electrons. The molecule has 3 unspecified atom stereocenters. The quantitative estimate of drug-likeness (QED) is 0.474. The number of carbonyl (C=O) groups excluding carboxylic acids is 1. The van der Waals surface area contributed by atoms with Gasteiger partial charge in [0.15, 0.2) is 0 Å². The highest BCUT2D eigenvalue weighted by Crippen LogP contribution is 2.54. The summed E-state index contributed by atoms with van der Waals surface area (Å²) in [6.45, 7) is 7.57. The van der Waals surface area contributed by atoms with Crippen molar-refractivity contribution in [2.75, 3.05) is 25.1 Å². The van der Waals surface area contributed by atoms with Gasteiger partial charge in [-0.25, -0.2) is 8.78 Å². The molecule has 1 saturated carbocycles. The Kier molecular flexibility index (Phi) is 7.60. The normalized spacial score (nSPS) is 34.2. The predicted octanol–water partition coefficient (Wildman–Crippen LogP) is 5.88. The first-order valence-corrected chi connectivity index (χ1v) is 16.0. The first-order valence-electron chi connectivity index (χ1n) is 14.3. The van der Waals surface area contributed by atoms with Crippen molar-refractivity contribution in [3.8, 4) is 0 Å². The fourth-order valence-electron chi connectivity index (χ4n) is 8.34. The van der Waals surface area contributed by atoms with E-state index in [2.05, 4.69) is 30.6 Å². The Morgan fingerprint density at radius 2 is 1.68 bits per heavy atom. The van der Waals surface area contributed by atoms with Crippen LogP contribution in [0.15, 0.2) is 18.2 Å². The second-order valence-corrected chi connectivity index (χ2v) is 14.8. The maximum absolute atomic E-state index is 15.0. The lowest BCUT2D eigenvalue weighted by molar-refractivity contribution is -0.143. The number of fused-ring (bicyclic) bond motifs is 2.